The van der Waals surface area contributed by atoms with Crippen LogP contribution in [0.15, 0.2) is 28.8 Å². The number of carbonyl (C=O) groups excluding carboxylic acids is 2. The van der Waals surface area contributed by atoms with Gasteiger partial charge in [0.05, 0.1) is 5.69 Å². The average molecular weight is 341 g/mol. The second kappa shape index (κ2) is 5.91. The van der Waals surface area contributed by atoms with Gasteiger partial charge in [-0.2, -0.15) is 0 Å². The standard InChI is InChI=1S/C18H19N3O4/c1-10-16(17(25-20-10)12-7-8-12)19-15(22)9-21-13-5-3-4-6-14(13)24-11(2)18(21)23/h3-6,11-12H,7-9H2,1-2H3,(H,19,22). The predicted octanol–water partition coefficient (Wildman–Crippen LogP) is 2.61. The molecule has 0 bridgehead atoms. The van der Waals surface area contributed by atoms with Crippen molar-refractivity contribution in [1.82, 2.24) is 5.16 Å². The Morgan fingerprint density at radius 1 is 1.36 bits per heavy atom. The number of benzene rings is 1. The van der Waals surface area contributed by atoms with Crippen LogP contribution in [-0.2, 0) is 9.59 Å². The number of hydrogen-bond donors (Lipinski definition) is 1. The van der Waals surface area contributed by atoms with Gasteiger partial charge in [-0.1, -0.05) is 17.3 Å². The zero-order valence-electron chi connectivity index (χ0n) is 14.1. The number of aryl methyl sites for hydroxylation is 1. The van der Waals surface area contributed by atoms with Crippen molar-refractivity contribution in [3.05, 3.63) is 35.7 Å². The van der Waals surface area contributed by atoms with Crippen LogP contribution < -0.4 is 15.0 Å². The van der Waals surface area contributed by atoms with Crippen LogP contribution >= 0.6 is 0 Å². The maximum absolute atomic E-state index is 12.6. The molecule has 0 spiro atoms. The third-order valence-corrected chi connectivity index (χ3v) is 4.48. The van der Waals surface area contributed by atoms with Crippen molar-refractivity contribution < 1.29 is 18.8 Å². The molecule has 1 aromatic carbocycles. The third kappa shape index (κ3) is 2.86. The molecule has 1 aliphatic heterocycles. The number of para-hydroxylation sites is 2. The van der Waals surface area contributed by atoms with E-state index < -0.39 is 6.10 Å². The van der Waals surface area contributed by atoms with E-state index in [1.54, 1.807) is 26.0 Å². The summed E-state index contributed by atoms with van der Waals surface area (Å²) in [6, 6.07) is 7.21. The van der Waals surface area contributed by atoms with E-state index in [9.17, 15) is 9.59 Å². The van der Waals surface area contributed by atoms with E-state index in [4.69, 9.17) is 9.26 Å². The van der Waals surface area contributed by atoms with Crippen molar-refractivity contribution in [1.29, 1.82) is 0 Å². The summed E-state index contributed by atoms with van der Waals surface area (Å²) in [6.07, 6.45) is 1.47. The van der Waals surface area contributed by atoms with Crippen LogP contribution in [0.5, 0.6) is 5.75 Å². The van der Waals surface area contributed by atoms with Crippen LogP contribution in [0, 0.1) is 6.92 Å². The Morgan fingerprint density at radius 3 is 2.88 bits per heavy atom. The number of aromatic nitrogens is 1. The fourth-order valence-electron chi connectivity index (χ4n) is 3.01. The molecule has 2 aliphatic rings. The molecule has 1 atom stereocenters. The number of ether oxygens (including phenoxy) is 1. The summed E-state index contributed by atoms with van der Waals surface area (Å²) < 4.78 is 10.9. The summed E-state index contributed by atoms with van der Waals surface area (Å²) in [4.78, 5) is 26.5. The van der Waals surface area contributed by atoms with Crippen molar-refractivity contribution in [2.45, 2.75) is 38.7 Å². The molecule has 1 aromatic heterocycles. The van der Waals surface area contributed by atoms with Crippen LogP contribution in [0.1, 0.15) is 37.1 Å². The number of anilines is 2. The third-order valence-electron chi connectivity index (χ3n) is 4.48. The second-order valence-corrected chi connectivity index (χ2v) is 6.48. The molecule has 0 saturated heterocycles. The Kier molecular flexibility index (Phi) is 3.71. The van der Waals surface area contributed by atoms with E-state index in [1.165, 1.54) is 4.90 Å². The summed E-state index contributed by atoms with van der Waals surface area (Å²) in [5.74, 6) is 1.14. The molecular formula is C18H19N3O4. The molecule has 7 nitrogen and oxygen atoms in total. The number of hydrogen-bond acceptors (Lipinski definition) is 5. The normalized spacial score (nSPS) is 19.4. The van der Waals surface area contributed by atoms with Gasteiger partial charge in [-0.3, -0.25) is 14.5 Å². The Morgan fingerprint density at radius 2 is 2.12 bits per heavy atom. The second-order valence-electron chi connectivity index (χ2n) is 6.48. The predicted molar refractivity (Wildman–Crippen MR) is 90.7 cm³/mol. The number of nitrogens with one attached hydrogen (secondary N) is 1. The molecular weight excluding hydrogens is 322 g/mol. The molecule has 1 saturated carbocycles. The van der Waals surface area contributed by atoms with Crippen molar-refractivity contribution in [2.75, 3.05) is 16.8 Å². The van der Waals surface area contributed by atoms with E-state index >= 15 is 0 Å². The summed E-state index contributed by atoms with van der Waals surface area (Å²) >= 11 is 0. The lowest BCUT2D eigenvalue weighted by molar-refractivity contribution is -0.127. The van der Waals surface area contributed by atoms with E-state index in [1.807, 2.05) is 12.1 Å². The SMILES string of the molecule is Cc1noc(C2CC2)c1NC(=O)CN1C(=O)C(C)Oc2ccccc21. The van der Waals surface area contributed by atoms with Crippen LogP contribution in [-0.4, -0.2) is 29.6 Å². The van der Waals surface area contributed by atoms with Crippen molar-refractivity contribution >= 4 is 23.2 Å². The molecule has 2 heterocycles. The molecule has 1 unspecified atom stereocenters. The van der Waals surface area contributed by atoms with Gasteiger partial charge in [0.1, 0.15) is 23.7 Å². The molecule has 130 valence electrons. The fraction of sp³-hybridized carbons (Fsp3) is 0.389. The highest BCUT2D eigenvalue weighted by Crippen LogP contribution is 2.44. The van der Waals surface area contributed by atoms with Crippen LogP contribution in [0.3, 0.4) is 0 Å². The quantitative estimate of drug-likeness (QED) is 0.924. The lowest BCUT2D eigenvalue weighted by Gasteiger charge is -2.32. The first-order valence-electron chi connectivity index (χ1n) is 8.37. The highest BCUT2D eigenvalue weighted by atomic mass is 16.5. The highest BCUT2D eigenvalue weighted by molar-refractivity contribution is 6.06. The molecule has 2 aromatic rings. The van der Waals surface area contributed by atoms with Gasteiger partial charge in [0.2, 0.25) is 5.91 Å². The number of rotatable bonds is 4. The van der Waals surface area contributed by atoms with Gasteiger partial charge in [0, 0.05) is 5.92 Å². The zero-order chi connectivity index (χ0) is 17.6. The van der Waals surface area contributed by atoms with Crippen molar-refractivity contribution in [3.63, 3.8) is 0 Å². The van der Waals surface area contributed by atoms with Gasteiger partial charge in [-0.25, -0.2) is 0 Å². The number of nitrogens with zero attached hydrogens (tertiary/aromatic N) is 2. The van der Waals surface area contributed by atoms with Crippen LogP contribution in [0.2, 0.25) is 0 Å². The van der Waals surface area contributed by atoms with Crippen molar-refractivity contribution in [3.8, 4) is 5.75 Å². The van der Waals surface area contributed by atoms with Gasteiger partial charge in [0.25, 0.3) is 5.91 Å². The summed E-state index contributed by atoms with van der Waals surface area (Å²) in [5, 5.41) is 6.81. The van der Waals surface area contributed by atoms with Gasteiger partial charge < -0.3 is 14.6 Å². The monoisotopic (exact) mass is 341 g/mol. The van der Waals surface area contributed by atoms with E-state index in [2.05, 4.69) is 10.5 Å². The summed E-state index contributed by atoms with van der Waals surface area (Å²) in [7, 11) is 0. The number of fused-ring (bicyclic) bond motifs is 1. The minimum absolute atomic E-state index is 0.0850. The lowest BCUT2D eigenvalue weighted by Crippen LogP contribution is -2.47. The highest BCUT2D eigenvalue weighted by Gasteiger charge is 2.34. The van der Waals surface area contributed by atoms with Crippen LogP contribution in [0.25, 0.3) is 0 Å². The largest absolute Gasteiger partial charge is 0.479 e. The molecule has 1 aliphatic carbocycles. The topological polar surface area (TPSA) is 84.7 Å². The Hall–Kier alpha value is -2.83. The molecule has 7 heteroatoms. The summed E-state index contributed by atoms with van der Waals surface area (Å²) in [5.41, 5.74) is 1.89. The molecule has 1 fully saturated rings. The van der Waals surface area contributed by atoms with Crippen molar-refractivity contribution in [2.24, 2.45) is 0 Å². The van der Waals surface area contributed by atoms with Gasteiger partial charge in [0.15, 0.2) is 11.9 Å². The maximum Gasteiger partial charge on any atom is 0.268 e. The Balaban J connectivity index is 1.55. The fourth-order valence-corrected chi connectivity index (χ4v) is 3.01. The Bertz CT molecular complexity index is 841. The van der Waals surface area contributed by atoms with Gasteiger partial charge in [-0.15, -0.1) is 0 Å². The molecule has 0 radical (unpaired) electrons. The maximum atomic E-state index is 12.6. The minimum Gasteiger partial charge on any atom is -0.479 e. The summed E-state index contributed by atoms with van der Waals surface area (Å²) in [6.45, 7) is 3.39. The lowest BCUT2D eigenvalue weighted by atomic mass is 10.2. The molecule has 2 amide bonds. The van der Waals surface area contributed by atoms with E-state index in [0.29, 0.717) is 28.7 Å². The minimum atomic E-state index is -0.623. The zero-order valence-corrected chi connectivity index (χ0v) is 14.1. The van der Waals surface area contributed by atoms with E-state index in [0.717, 1.165) is 18.6 Å². The van der Waals surface area contributed by atoms with Gasteiger partial charge in [-0.05, 0) is 38.8 Å². The van der Waals surface area contributed by atoms with Crippen LogP contribution in [0.4, 0.5) is 11.4 Å². The first-order valence-corrected chi connectivity index (χ1v) is 8.37. The number of amides is 2. The smallest absolute Gasteiger partial charge is 0.268 e. The molecule has 4 rings (SSSR count). The van der Waals surface area contributed by atoms with Gasteiger partial charge >= 0.3 is 0 Å². The first kappa shape index (κ1) is 15.7. The molecule has 25 heavy (non-hydrogen) atoms. The Labute approximate surface area is 144 Å². The number of carbonyl (C=O) groups is 2. The average Bonchev–Trinajstić information content (AvgIpc) is 3.37. The van der Waals surface area contributed by atoms with E-state index in [-0.39, 0.29) is 18.4 Å². The first-order chi connectivity index (χ1) is 12.0. The molecule has 1 N–H and O–H groups in total.